The van der Waals surface area contributed by atoms with Gasteiger partial charge in [0.25, 0.3) is 5.91 Å². The lowest BCUT2D eigenvalue weighted by atomic mass is 9.99. The lowest BCUT2D eigenvalue weighted by Gasteiger charge is -2.22. The molecule has 1 aliphatic heterocycles. The van der Waals surface area contributed by atoms with Crippen LogP contribution < -0.4 is 5.32 Å². The molecule has 0 spiro atoms. The SMILES string of the molecule is Cc1ncnc(C)c1C(=O)NCC[C@H]1CCCOC1. The second-order valence-corrected chi connectivity index (χ2v) is 5.05. The highest BCUT2D eigenvalue weighted by Gasteiger charge is 2.16. The first-order valence-electron chi connectivity index (χ1n) is 6.82. The molecule has 0 unspecified atom stereocenters. The Hall–Kier alpha value is -1.49. The van der Waals surface area contributed by atoms with E-state index in [0.29, 0.717) is 18.0 Å². The molecule has 1 aromatic rings. The number of carbonyl (C=O) groups excluding carboxylic acids is 1. The van der Waals surface area contributed by atoms with E-state index in [2.05, 4.69) is 15.3 Å². The molecule has 1 saturated heterocycles. The number of carbonyl (C=O) groups is 1. The molecule has 1 aromatic heterocycles. The zero-order valence-corrected chi connectivity index (χ0v) is 11.6. The monoisotopic (exact) mass is 263 g/mol. The molecule has 1 fully saturated rings. The van der Waals surface area contributed by atoms with Crippen LogP contribution in [0.15, 0.2) is 6.33 Å². The third-order valence-corrected chi connectivity index (χ3v) is 3.55. The van der Waals surface area contributed by atoms with Crippen LogP contribution in [0.4, 0.5) is 0 Å². The molecule has 0 bridgehead atoms. The number of hydrogen-bond acceptors (Lipinski definition) is 4. The second-order valence-electron chi connectivity index (χ2n) is 5.05. The highest BCUT2D eigenvalue weighted by molar-refractivity contribution is 5.96. The standard InChI is InChI=1S/C14H21N3O2/c1-10-13(11(2)17-9-16-10)14(18)15-6-5-12-4-3-7-19-8-12/h9,12H,3-8H2,1-2H3,(H,15,18)/t12-/m1/s1. The first-order valence-corrected chi connectivity index (χ1v) is 6.82. The van der Waals surface area contributed by atoms with Crippen molar-refractivity contribution in [1.82, 2.24) is 15.3 Å². The van der Waals surface area contributed by atoms with Gasteiger partial charge in [0.1, 0.15) is 6.33 Å². The van der Waals surface area contributed by atoms with Gasteiger partial charge in [-0.3, -0.25) is 4.79 Å². The number of hydrogen-bond donors (Lipinski definition) is 1. The molecule has 104 valence electrons. The molecule has 2 heterocycles. The number of ether oxygens (including phenoxy) is 1. The van der Waals surface area contributed by atoms with Gasteiger partial charge in [-0.2, -0.15) is 0 Å². The first kappa shape index (κ1) is 13.9. The zero-order valence-electron chi connectivity index (χ0n) is 11.6. The van der Waals surface area contributed by atoms with Crippen molar-refractivity contribution in [1.29, 1.82) is 0 Å². The molecule has 19 heavy (non-hydrogen) atoms. The van der Waals surface area contributed by atoms with Crippen LogP contribution in [0.2, 0.25) is 0 Å². The van der Waals surface area contributed by atoms with E-state index in [9.17, 15) is 4.79 Å². The van der Waals surface area contributed by atoms with Crippen LogP contribution in [-0.2, 0) is 4.74 Å². The fraction of sp³-hybridized carbons (Fsp3) is 0.643. The Balaban J connectivity index is 1.84. The summed E-state index contributed by atoms with van der Waals surface area (Å²) in [6.45, 7) is 6.04. The van der Waals surface area contributed by atoms with Crippen LogP contribution in [0.25, 0.3) is 0 Å². The van der Waals surface area contributed by atoms with Crippen LogP contribution in [-0.4, -0.2) is 35.6 Å². The summed E-state index contributed by atoms with van der Waals surface area (Å²) in [5.41, 5.74) is 2.05. The van der Waals surface area contributed by atoms with Crippen molar-refractivity contribution in [3.05, 3.63) is 23.3 Å². The van der Waals surface area contributed by atoms with E-state index in [-0.39, 0.29) is 5.91 Å². The predicted octanol–water partition coefficient (Wildman–Crippen LogP) is 1.64. The third-order valence-electron chi connectivity index (χ3n) is 3.55. The molecule has 1 N–H and O–H groups in total. The minimum absolute atomic E-state index is 0.0765. The van der Waals surface area contributed by atoms with E-state index < -0.39 is 0 Å². The Kier molecular flexibility index (Phi) is 4.85. The molecule has 1 aliphatic rings. The van der Waals surface area contributed by atoms with Crippen molar-refractivity contribution in [2.75, 3.05) is 19.8 Å². The Morgan fingerprint density at radius 1 is 1.42 bits per heavy atom. The van der Waals surface area contributed by atoms with Crippen molar-refractivity contribution >= 4 is 5.91 Å². The lowest BCUT2D eigenvalue weighted by Crippen LogP contribution is -2.29. The molecular formula is C14H21N3O2. The number of aryl methyl sites for hydroxylation is 2. The summed E-state index contributed by atoms with van der Waals surface area (Å²) in [6, 6.07) is 0. The normalized spacial score (nSPS) is 19.2. The van der Waals surface area contributed by atoms with Crippen LogP contribution in [0.3, 0.4) is 0 Å². The molecule has 0 saturated carbocycles. The molecule has 5 nitrogen and oxygen atoms in total. The Bertz CT molecular complexity index is 422. The van der Waals surface area contributed by atoms with Gasteiger partial charge < -0.3 is 10.1 Å². The summed E-state index contributed by atoms with van der Waals surface area (Å²) in [6.07, 6.45) is 4.78. The fourth-order valence-corrected chi connectivity index (χ4v) is 2.43. The van der Waals surface area contributed by atoms with Gasteiger partial charge in [-0.1, -0.05) is 0 Å². The molecule has 0 radical (unpaired) electrons. The number of nitrogens with one attached hydrogen (secondary N) is 1. The van der Waals surface area contributed by atoms with Gasteiger partial charge in [0.2, 0.25) is 0 Å². The summed E-state index contributed by atoms with van der Waals surface area (Å²) in [4.78, 5) is 20.2. The summed E-state index contributed by atoms with van der Waals surface area (Å²) in [7, 11) is 0. The average Bonchev–Trinajstić information content (AvgIpc) is 2.40. The number of nitrogens with zero attached hydrogens (tertiary/aromatic N) is 2. The number of aromatic nitrogens is 2. The molecule has 1 amide bonds. The molecule has 1 atom stereocenters. The van der Waals surface area contributed by atoms with Gasteiger partial charge in [-0.15, -0.1) is 0 Å². The first-order chi connectivity index (χ1) is 9.18. The molecule has 2 rings (SSSR count). The average molecular weight is 263 g/mol. The van der Waals surface area contributed by atoms with E-state index in [1.165, 1.54) is 12.7 Å². The maximum atomic E-state index is 12.1. The lowest BCUT2D eigenvalue weighted by molar-refractivity contribution is 0.0514. The maximum Gasteiger partial charge on any atom is 0.254 e. The van der Waals surface area contributed by atoms with Gasteiger partial charge in [0, 0.05) is 19.8 Å². The van der Waals surface area contributed by atoms with Crippen LogP contribution >= 0.6 is 0 Å². The highest BCUT2D eigenvalue weighted by Crippen LogP contribution is 2.16. The summed E-state index contributed by atoms with van der Waals surface area (Å²) in [5, 5.41) is 2.95. The number of rotatable bonds is 4. The highest BCUT2D eigenvalue weighted by atomic mass is 16.5. The summed E-state index contributed by atoms with van der Waals surface area (Å²) in [5.74, 6) is 0.496. The van der Waals surface area contributed by atoms with E-state index in [4.69, 9.17) is 4.74 Å². The van der Waals surface area contributed by atoms with Crippen molar-refractivity contribution in [3.63, 3.8) is 0 Å². The minimum atomic E-state index is -0.0765. The van der Waals surface area contributed by atoms with Gasteiger partial charge in [0.15, 0.2) is 0 Å². The van der Waals surface area contributed by atoms with E-state index in [0.717, 1.165) is 37.4 Å². The van der Waals surface area contributed by atoms with Gasteiger partial charge >= 0.3 is 0 Å². The molecule has 0 aromatic carbocycles. The van der Waals surface area contributed by atoms with Gasteiger partial charge in [0.05, 0.1) is 17.0 Å². The van der Waals surface area contributed by atoms with Crippen molar-refractivity contribution in [2.24, 2.45) is 5.92 Å². The van der Waals surface area contributed by atoms with E-state index in [1.807, 2.05) is 13.8 Å². The van der Waals surface area contributed by atoms with Gasteiger partial charge in [-0.25, -0.2) is 9.97 Å². The Labute approximate surface area is 113 Å². The quantitative estimate of drug-likeness (QED) is 0.897. The second kappa shape index (κ2) is 6.61. The van der Waals surface area contributed by atoms with E-state index in [1.54, 1.807) is 0 Å². The smallest absolute Gasteiger partial charge is 0.254 e. The summed E-state index contributed by atoms with van der Waals surface area (Å²) < 4.78 is 5.43. The molecule has 5 heteroatoms. The topological polar surface area (TPSA) is 64.1 Å². The predicted molar refractivity (Wildman–Crippen MR) is 72.0 cm³/mol. The Morgan fingerprint density at radius 2 is 2.16 bits per heavy atom. The molecule has 0 aliphatic carbocycles. The van der Waals surface area contributed by atoms with Crippen molar-refractivity contribution in [2.45, 2.75) is 33.1 Å². The van der Waals surface area contributed by atoms with Crippen LogP contribution in [0, 0.1) is 19.8 Å². The van der Waals surface area contributed by atoms with Crippen molar-refractivity contribution < 1.29 is 9.53 Å². The minimum Gasteiger partial charge on any atom is -0.381 e. The summed E-state index contributed by atoms with van der Waals surface area (Å²) >= 11 is 0. The molecular weight excluding hydrogens is 242 g/mol. The zero-order chi connectivity index (χ0) is 13.7. The third kappa shape index (κ3) is 3.73. The van der Waals surface area contributed by atoms with Crippen LogP contribution in [0.5, 0.6) is 0 Å². The van der Waals surface area contributed by atoms with Crippen molar-refractivity contribution in [3.8, 4) is 0 Å². The fourth-order valence-electron chi connectivity index (χ4n) is 2.43. The van der Waals surface area contributed by atoms with Gasteiger partial charge in [-0.05, 0) is 39.0 Å². The number of amides is 1. The Morgan fingerprint density at radius 3 is 2.79 bits per heavy atom. The maximum absolute atomic E-state index is 12.1. The van der Waals surface area contributed by atoms with Crippen LogP contribution in [0.1, 0.15) is 41.0 Å². The largest absolute Gasteiger partial charge is 0.381 e. The van der Waals surface area contributed by atoms with E-state index >= 15 is 0 Å².